The van der Waals surface area contributed by atoms with Gasteiger partial charge in [-0.2, -0.15) is 0 Å². The first-order chi connectivity index (χ1) is 5.20. The molecule has 0 saturated heterocycles. The number of nitrogens with one attached hydrogen (secondary N) is 3. The zero-order valence-corrected chi connectivity index (χ0v) is 6.52. The van der Waals surface area contributed by atoms with Gasteiger partial charge in [0.25, 0.3) is 0 Å². The largest absolute Gasteiger partial charge is 0.374 e. The maximum Gasteiger partial charge on any atom is 0.123 e. The fourth-order valence-corrected chi connectivity index (χ4v) is 0.436. The third-order valence-corrected chi connectivity index (χ3v) is 1.06. The number of likely N-dealkylation sites (N-methyl/N-ethyl adjacent to an activating group) is 1. The van der Waals surface area contributed by atoms with Crippen LogP contribution in [0.3, 0.4) is 0 Å². The molecule has 0 radical (unpaired) electrons. The molecule has 0 aliphatic rings. The molecular formula is C7H12N4. The van der Waals surface area contributed by atoms with Crippen molar-refractivity contribution in [3.8, 4) is 0 Å². The standard InChI is InChI=1S/C7H12N4/c1-10-6(8)4-3-5-7(9)11-2/h3,5,8H,1,4H2,2H3,(H2,9,11)/b5-3+,8-6?. The summed E-state index contributed by atoms with van der Waals surface area (Å²) in [7, 11) is 1.67. The highest BCUT2D eigenvalue weighted by molar-refractivity contribution is 5.91. The SMILES string of the molecule is C=NC(=N)C/C=C/C(=N)NC. The molecule has 0 aliphatic carbocycles. The van der Waals surface area contributed by atoms with Crippen molar-refractivity contribution in [2.45, 2.75) is 6.42 Å². The summed E-state index contributed by atoms with van der Waals surface area (Å²) in [6.07, 6.45) is 3.70. The summed E-state index contributed by atoms with van der Waals surface area (Å²) < 4.78 is 0. The molecule has 0 rings (SSSR count). The number of hydrogen-bond acceptors (Lipinski definition) is 2. The minimum atomic E-state index is 0.213. The number of aliphatic imine (C=N–C) groups is 1. The molecule has 0 atom stereocenters. The van der Waals surface area contributed by atoms with E-state index in [1.54, 1.807) is 19.2 Å². The van der Waals surface area contributed by atoms with E-state index in [2.05, 4.69) is 17.0 Å². The molecule has 0 aromatic carbocycles. The summed E-state index contributed by atoms with van der Waals surface area (Å²) in [5.41, 5.74) is 0. The van der Waals surface area contributed by atoms with Gasteiger partial charge in [0.2, 0.25) is 0 Å². The predicted molar refractivity (Wildman–Crippen MR) is 47.8 cm³/mol. The normalized spacial score (nSPS) is 9.55. The number of rotatable bonds is 3. The molecule has 4 nitrogen and oxygen atoms in total. The van der Waals surface area contributed by atoms with Crippen molar-refractivity contribution in [2.24, 2.45) is 4.99 Å². The molecule has 0 amide bonds. The van der Waals surface area contributed by atoms with E-state index in [0.29, 0.717) is 12.3 Å². The molecule has 0 heterocycles. The van der Waals surface area contributed by atoms with Crippen LogP contribution in [0.1, 0.15) is 6.42 Å². The lowest BCUT2D eigenvalue weighted by atomic mass is 10.3. The Labute approximate surface area is 66.1 Å². The van der Waals surface area contributed by atoms with E-state index in [4.69, 9.17) is 10.8 Å². The molecule has 0 bridgehead atoms. The molecule has 11 heavy (non-hydrogen) atoms. The van der Waals surface area contributed by atoms with Crippen LogP contribution in [0.5, 0.6) is 0 Å². The highest BCUT2D eigenvalue weighted by Gasteiger charge is 1.86. The van der Waals surface area contributed by atoms with Crippen LogP contribution in [0.4, 0.5) is 0 Å². The second kappa shape index (κ2) is 5.34. The quantitative estimate of drug-likeness (QED) is 0.406. The molecule has 0 aromatic rings. The summed E-state index contributed by atoms with van der Waals surface area (Å²) in [5.74, 6) is 0.534. The van der Waals surface area contributed by atoms with Crippen LogP contribution in [0.15, 0.2) is 17.1 Å². The molecule has 60 valence electrons. The van der Waals surface area contributed by atoms with Gasteiger partial charge in [0.05, 0.1) is 0 Å². The third-order valence-electron chi connectivity index (χ3n) is 1.06. The Morgan fingerprint density at radius 1 is 1.64 bits per heavy atom. The van der Waals surface area contributed by atoms with E-state index in [0.717, 1.165) is 0 Å². The van der Waals surface area contributed by atoms with E-state index in [1.165, 1.54) is 0 Å². The van der Waals surface area contributed by atoms with E-state index in [-0.39, 0.29) is 5.84 Å². The van der Waals surface area contributed by atoms with Crippen molar-refractivity contribution in [2.75, 3.05) is 7.05 Å². The summed E-state index contributed by atoms with van der Waals surface area (Å²) in [5, 5.41) is 16.8. The molecule has 4 heteroatoms. The minimum Gasteiger partial charge on any atom is -0.374 e. The molecule has 0 aromatic heterocycles. The van der Waals surface area contributed by atoms with Crippen LogP contribution >= 0.6 is 0 Å². The van der Waals surface area contributed by atoms with Crippen molar-refractivity contribution < 1.29 is 0 Å². The van der Waals surface area contributed by atoms with E-state index in [9.17, 15) is 0 Å². The van der Waals surface area contributed by atoms with Gasteiger partial charge in [0.1, 0.15) is 11.7 Å². The van der Waals surface area contributed by atoms with E-state index in [1.807, 2.05) is 0 Å². The molecular weight excluding hydrogens is 140 g/mol. The molecule has 0 fully saturated rings. The molecule has 0 aliphatic heterocycles. The predicted octanol–water partition coefficient (Wildman–Crippen LogP) is 0.807. The van der Waals surface area contributed by atoms with Crippen molar-refractivity contribution >= 4 is 18.4 Å². The number of nitrogens with zero attached hydrogens (tertiary/aromatic N) is 1. The molecule has 0 spiro atoms. The second-order valence-corrected chi connectivity index (χ2v) is 1.87. The van der Waals surface area contributed by atoms with Crippen LogP contribution < -0.4 is 5.32 Å². The fourth-order valence-electron chi connectivity index (χ4n) is 0.436. The Bertz CT molecular complexity index is 193. The maximum absolute atomic E-state index is 7.12. The topological polar surface area (TPSA) is 72.1 Å². The van der Waals surface area contributed by atoms with Gasteiger partial charge in [-0.1, -0.05) is 6.08 Å². The Kier molecular flexibility index (Phi) is 4.64. The molecule has 3 N–H and O–H groups in total. The Morgan fingerprint density at radius 2 is 2.27 bits per heavy atom. The lowest BCUT2D eigenvalue weighted by Gasteiger charge is -1.92. The summed E-state index contributed by atoms with van der Waals surface area (Å²) >= 11 is 0. The van der Waals surface area contributed by atoms with Crippen LogP contribution in [0, 0.1) is 10.8 Å². The highest BCUT2D eigenvalue weighted by Crippen LogP contribution is 1.86. The summed E-state index contributed by atoms with van der Waals surface area (Å²) in [4.78, 5) is 3.40. The van der Waals surface area contributed by atoms with Gasteiger partial charge in [-0.05, 0) is 12.8 Å². The third kappa shape index (κ3) is 5.02. The first kappa shape index (κ1) is 9.55. The Balaban J connectivity index is 3.68. The van der Waals surface area contributed by atoms with Gasteiger partial charge >= 0.3 is 0 Å². The molecule has 0 saturated carbocycles. The van der Waals surface area contributed by atoms with Crippen LogP contribution in [-0.2, 0) is 0 Å². The molecule has 0 unspecified atom stereocenters. The monoisotopic (exact) mass is 152 g/mol. The van der Waals surface area contributed by atoms with E-state index < -0.39 is 0 Å². The van der Waals surface area contributed by atoms with Gasteiger partial charge in [-0.3, -0.25) is 10.8 Å². The van der Waals surface area contributed by atoms with Crippen molar-refractivity contribution in [3.05, 3.63) is 12.2 Å². The lowest BCUT2D eigenvalue weighted by molar-refractivity contribution is 1.15. The lowest BCUT2D eigenvalue weighted by Crippen LogP contribution is -2.13. The number of amidine groups is 2. The Morgan fingerprint density at radius 3 is 2.73 bits per heavy atom. The minimum absolute atomic E-state index is 0.213. The fraction of sp³-hybridized carbons (Fsp3) is 0.286. The van der Waals surface area contributed by atoms with E-state index >= 15 is 0 Å². The summed E-state index contributed by atoms with van der Waals surface area (Å²) in [6.45, 7) is 3.20. The highest BCUT2D eigenvalue weighted by atomic mass is 14.9. The van der Waals surface area contributed by atoms with Crippen LogP contribution in [0.25, 0.3) is 0 Å². The number of hydrogen-bond donors (Lipinski definition) is 3. The smallest absolute Gasteiger partial charge is 0.123 e. The van der Waals surface area contributed by atoms with Gasteiger partial charge < -0.3 is 5.32 Å². The van der Waals surface area contributed by atoms with Crippen molar-refractivity contribution in [1.82, 2.24) is 5.32 Å². The van der Waals surface area contributed by atoms with Gasteiger partial charge in [-0.15, -0.1) is 0 Å². The van der Waals surface area contributed by atoms with Gasteiger partial charge in [0, 0.05) is 13.5 Å². The average Bonchev–Trinajstić information content (AvgIpc) is 2.04. The first-order valence-electron chi connectivity index (χ1n) is 3.17. The van der Waals surface area contributed by atoms with Gasteiger partial charge in [0.15, 0.2) is 0 Å². The maximum atomic E-state index is 7.12. The zero-order chi connectivity index (χ0) is 8.69. The van der Waals surface area contributed by atoms with Crippen molar-refractivity contribution in [1.29, 1.82) is 10.8 Å². The summed E-state index contributed by atoms with van der Waals surface area (Å²) in [6, 6.07) is 0. The van der Waals surface area contributed by atoms with Crippen molar-refractivity contribution in [3.63, 3.8) is 0 Å². The second-order valence-electron chi connectivity index (χ2n) is 1.87. The average molecular weight is 152 g/mol. The van der Waals surface area contributed by atoms with Crippen LogP contribution in [0.2, 0.25) is 0 Å². The first-order valence-corrected chi connectivity index (χ1v) is 3.17. The zero-order valence-electron chi connectivity index (χ0n) is 6.52. The Hall–Kier alpha value is -1.45. The van der Waals surface area contributed by atoms with Gasteiger partial charge in [-0.25, -0.2) is 4.99 Å². The van der Waals surface area contributed by atoms with Crippen LogP contribution in [-0.4, -0.2) is 25.4 Å².